The number of halogens is 2. The van der Waals surface area contributed by atoms with Gasteiger partial charge >= 0.3 is 0 Å². The molecule has 0 saturated carbocycles. The van der Waals surface area contributed by atoms with Gasteiger partial charge in [-0.3, -0.25) is 0 Å². The summed E-state index contributed by atoms with van der Waals surface area (Å²) in [4.78, 5) is 8.23. The minimum atomic E-state index is 0.436. The SMILES string of the molecule is CNc1ncc(Cl)c(Nc2ccc(C)cc2Cl)n1. The standard InChI is InChI=1S/C12H12Cl2N4/c1-7-3-4-10(8(13)5-7)17-11-9(14)6-16-12(15-2)18-11/h3-6H,1-2H3,(H2,15,16,17,18). The van der Waals surface area contributed by atoms with Crippen LogP contribution in [-0.4, -0.2) is 17.0 Å². The number of nitrogens with one attached hydrogen (secondary N) is 2. The van der Waals surface area contributed by atoms with Gasteiger partial charge in [-0.05, 0) is 24.6 Å². The molecule has 18 heavy (non-hydrogen) atoms. The molecule has 4 nitrogen and oxygen atoms in total. The van der Waals surface area contributed by atoms with Gasteiger partial charge < -0.3 is 10.6 Å². The first-order valence-corrected chi connectivity index (χ1v) is 6.09. The highest BCUT2D eigenvalue weighted by atomic mass is 35.5. The molecule has 0 radical (unpaired) electrons. The molecule has 0 atom stereocenters. The van der Waals surface area contributed by atoms with E-state index in [9.17, 15) is 0 Å². The average Bonchev–Trinajstić information content (AvgIpc) is 2.35. The molecule has 0 aliphatic rings. The third kappa shape index (κ3) is 2.83. The Hall–Kier alpha value is -1.52. The fourth-order valence-corrected chi connectivity index (χ4v) is 1.84. The van der Waals surface area contributed by atoms with E-state index in [1.165, 1.54) is 6.20 Å². The first-order chi connectivity index (χ1) is 8.60. The molecule has 1 aromatic heterocycles. The van der Waals surface area contributed by atoms with Gasteiger partial charge in [-0.15, -0.1) is 0 Å². The van der Waals surface area contributed by atoms with Gasteiger partial charge in [-0.1, -0.05) is 29.3 Å². The molecule has 2 aromatic rings. The van der Waals surface area contributed by atoms with Crippen molar-refractivity contribution in [1.82, 2.24) is 9.97 Å². The molecule has 0 aliphatic heterocycles. The van der Waals surface area contributed by atoms with Crippen molar-refractivity contribution in [3.8, 4) is 0 Å². The maximum Gasteiger partial charge on any atom is 0.224 e. The highest BCUT2D eigenvalue weighted by Gasteiger charge is 2.07. The number of nitrogens with zero attached hydrogens (tertiary/aromatic N) is 2. The predicted molar refractivity (Wildman–Crippen MR) is 76.1 cm³/mol. The molecule has 94 valence electrons. The molecule has 0 saturated heterocycles. The molecule has 2 N–H and O–H groups in total. The summed E-state index contributed by atoms with van der Waals surface area (Å²) >= 11 is 12.2. The summed E-state index contributed by atoms with van der Waals surface area (Å²) in [5.74, 6) is 1.01. The summed E-state index contributed by atoms with van der Waals surface area (Å²) in [5.41, 5.74) is 1.85. The molecule has 0 bridgehead atoms. The van der Waals surface area contributed by atoms with Crippen molar-refractivity contribution in [2.24, 2.45) is 0 Å². The van der Waals surface area contributed by atoms with Crippen LogP contribution >= 0.6 is 23.2 Å². The van der Waals surface area contributed by atoms with Gasteiger partial charge in [0.05, 0.1) is 16.9 Å². The van der Waals surface area contributed by atoms with Crippen molar-refractivity contribution >= 4 is 40.7 Å². The van der Waals surface area contributed by atoms with Crippen LogP contribution in [0.25, 0.3) is 0 Å². The van der Waals surface area contributed by atoms with Crippen LogP contribution in [0.5, 0.6) is 0 Å². The van der Waals surface area contributed by atoms with E-state index in [1.54, 1.807) is 7.05 Å². The van der Waals surface area contributed by atoms with Gasteiger partial charge in [0.25, 0.3) is 0 Å². The molecule has 0 aliphatic carbocycles. The minimum Gasteiger partial charge on any atom is -0.357 e. The Labute approximate surface area is 115 Å². The maximum atomic E-state index is 6.14. The zero-order chi connectivity index (χ0) is 13.1. The highest BCUT2D eigenvalue weighted by Crippen LogP contribution is 2.29. The third-order valence-electron chi connectivity index (χ3n) is 2.35. The lowest BCUT2D eigenvalue weighted by atomic mass is 10.2. The van der Waals surface area contributed by atoms with Crippen molar-refractivity contribution in [2.75, 3.05) is 17.7 Å². The minimum absolute atomic E-state index is 0.436. The summed E-state index contributed by atoms with van der Waals surface area (Å²) in [6, 6.07) is 5.72. The van der Waals surface area contributed by atoms with E-state index in [0.29, 0.717) is 21.8 Å². The van der Waals surface area contributed by atoms with Crippen LogP contribution in [0.3, 0.4) is 0 Å². The third-order valence-corrected chi connectivity index (χ3v) is 2.93. The molecule has 1 heterocycles. The zero-order valence-electron chi connectivity index (χ0n) is 9.96. The van der Waals surface area contributed by atoms with Crippen molar-refractivity contribution in [1.29, 1.82) is 0 Å². The van der Waals surface area contributed by atoms with Gasteiger partial charge in [0, 0.05) is 7.05 Å². The first-order valence-electron chi connectivity index (χ1n) is 5.33. The number of hydrogen-bond donors (Lipinski definition) is 2. The summed E-state index contributed by atoms with van der Waals surface area (Å²) in [7, 11) is 1.74. The molecule has 6 heteroatoms. The number of benzene rings is 1. The molecule has 0 unspecified atom stereocenters. The Balaban J connectivity index is 2.33. The molecule has 0 amide bonds. The Morgan fingerprint density at radius 3 is 2.61 bits per heavy atom. The maximum absolute atomic E-state index is 6.14. The van der Waals surface area contributed by atoms with Crippen molar-refractivity contribution in [3.63, 3.8) is 0 Å². The first kappa shape index (κ1) is 12.9. The van der Waals surface area contributed by atoms with E-state index in [1.807, 2.05) is 25.1 Å². The van der Waals surface area contributed by atoms with Crippen LogP contribution in [0.4, 0.5) is 17.5 Å². The summed E-state index contributed by atoms with van der Waals surface area (Å²) < 4.78 is 0. The summed E-state index contributed by atoms with van der Waals surface area (Å²) in [5, 5.41) is 6.99. The van der Waals surface area contributed by atoms with Gasteiger partial charge in [0.2, 0.25) is 5.95 Å². The van der Waals surface area contributed by atoms with Crippen molar-refractivity contribution in [2.45, 2.75) is 6.92 Å². The monoisotopic (exact) mass is 282 g/mol. The molecule has 2 rings (SSSR count). The second-order valence-corrected chi connectivity index (χ2v) is 4.56. The summed E-state index contributed by atoms with van der Waals surface area (Å²) in [6.07, 6.45) is 1.53. The van der Waals surface area contributed by atoms with E-state index < -0.39 is 0 Å². The van der Waals surface area contributed by atoms with Crippen LogP contribution in [0.1, 0.15) is 5.56 Å². The fourth-order valence-electron chi connectivity index (χ4n) is 1.42. The van der Waals surface area contributed by atoms with Crippen LogP contribution in [0, 0.1) is 6.92 Å². The Morgan fingerprint density at radius 2 is 1.94 bits per heavy atom. The number of aryl methyl sites for hydroxylation is 1. The molecule has 0 spiro atoms. The zero-order valence-corrected chi connectivity index (χ0v) is 11.5. The largest absolute Gasteiger partial charge is 0.357 e. The van der Waals surface area contributed by atoms with Crippen LogP contribution in [0.2, 0.25) is 10.0 Å². The average molecular weight is 283 g/mol. The molecular weight excluding hydrogens is 271 g/mol. The fraction of sp³-hybridized carbons (Fsp3) is 0.167. The lowest BCUT2D eigenvalue weighted by molar-refractivity contribution is 1.15. The van der Waals surface area contributed by atoms with Gasteiger partial charge in [-0.2, -0.15) is 4.98 Å². The van der Waals surface area contributed by atoms with E-state index in [2.05, 4.69) is 20.6 Å². The van der Waals surface area contributed by atoms with Crippen molar-refractivity contribution in [3.05, 3.63) is 40.0 Å². The van der Waals surface area contributed by atoms with E-state index in [0.717, 1.165) is 11.3 Å². The Morgan fingerprint density at radius 1 is 1.17 bits per heavy atom. The summed E-state index contributed by atoms with van der Waals surface area (Å²) in [6.45, 7) is 1.98. The number of rotatable bonds is 3. The van der Waals surface area contributed by atoms with Gasteiger partial charge in [0.15, 0.2) is 5.82 Å². The normalized spacial score (nSPS) is 10.2. The molecule has 0 fully saturated rings. The topological polar surface area (TPSA) is 49.8 Å². The van der Waals surface area contributed by atoms with Crippen LogP contribution in [-0.2, 0) is 0 Å². The lowest BCUT2D eigenvalue weighted by Crippen LogP contribution is -2.01. The Bertz CT molecular complexity index is 572. The Kier molecular flexibility index (Phi) is 3.89. The number of aromatic nitrogens is 2. The van der Waals surface area contributed by atoms with Crippen LogP contribution < -0.4 is 10.6 Å². The highest BCUT2D eigenvalue weighted by molar-refractivity contribution is 6.34. The quantitative estimate of drug-likeness (QED) is 0.897. The predicted octanol–water partition coefficient (Wildman–Crippen LogP) is 3.88. The van der Waals surface area contributed by atoms with Crippen molar-refractivity contribution < 1.29 is 0 Å². The number of anilines is 3. The number of hydrogen-bond acceptors (Lipinski definition) is 4. The molecule has 1 aromatic carbocycles. The molecular formula is C12H12Cl2N4. The van der Waals surface area contributed by atoms with E-state index >= 15 is 0 Å². The second-order valence-electron chi connectivity index (χ2n) is 3.75. The van der Waals surface area contributed by atoms with Gasteiger partial charge in [-0.25, -0.2) is 4.98 Å². The van der Waals surface area contributed by atoms with Crippen LogP contribution in [0.15, 0.2) is 24.4 Å². The smallest absolute Gasteiger partial charge is 0.224 e. The second kappa shape index (κ2) is 5.42. The van der Waals surface area contributed by atoms with Gasteiger partial charge in [0.1, 0.15) is 5.02 Å². The van der Waals surface area contributed by atoms with E-state index in [4.69, 9.17) is 23.2 Å². The lowest BCUT2D eigenvalue weighted by Gasteiger charge is -2.10. The van der Waals surface area contributed by atoms with E-state index in [-0.39, 0.29) is 0 Å².